The van der Waals surface area contributed by atoms with Crippen LogP contribution in [-0.2, 0) is 0 Å². The number of anilines is 1. The molecule has 4 heteroatoms. The van der Waals surface area contributed by atoms with E-state index in [1.54, 1.807) is 18.2 Å². The second kappa shape index (κ2) is 5.57. The van der Waals surface area contributed by atoms with Crippen LogP contribution in [0.15, 0.2) is 22.7 Å². The number of halogens is 1. The molecular weight excluding hydrogens is 268 g/mol. The van der Waals surface area contributed by atoms with Gasteiger partial charge in [0, 0.05) is 28.2 Å². The molecule has 1 aromatic carbocycles. The van der Waals surface area contributed by atoms with Crippen LogP contribution >= 0.6 is 15.9 Å². The van der Waals surface area contributed by atoms with E-state index in [-0.39, 0.29) is 11.9 Å². The summed E-state index contributed by atoms with van der Waals surface area (Å²) in [5.74, 6) is 2.33. The van der Waals surface area contributed by atoms with Crippen LogP contribution in [-0.4, -0.2) is 11.9 Å². The number of terminal acetylenes is 1. The van der Waals surface area contributed by atoms with Crippen LogP contribution in [0.3, 0.4) is 0 Å². The fourth-order valence-corrected chi connectivity index (χ4v) is 1.79. The zero-order valence-corrected chi connectivity index (χ0v) is 10.5. The van der Waals surface area contributed by atoms with Crippen LogP contribution in [0.4, 0.5) is 5.69 Å². The Morgan fingerprint density at radius 3 is 2.88 bits per heavy atom. The Labute approximate surface area is 104 Å². The molecule has 84 valence electrons. The average Bonchev–Trinajstić information content (AvgIpc) is 2.16. The van der Waals surface area contributed by atoms with Crippen LogP contribution in [0.1, 0.15) is 23.7 Å². The first-order chi connectivity index (χ1) is 7.52. The quantitative estimate of drug-likeness (QED) is 0.659. The third-order valence-electron chi connectivity index (χ3n) is 1.98. The summed E-state index contributed by atoms with van der Waals surface area (Å²) in [6.07, 6.45) is 5.67. The monoisotopic (exact) mass is 280 g/mol. The molecule has 1 rings (SSSR count). The smallest absolute Gasteiger partial charge is 0.251 e. The standard InChI is InChI=1S/C12H13BrN2O/c1-3-4-8(2)15-12(16)9-5-10(13)7-11(14)6-9/h1,5-8H,4,14H2,2H3,(H,15,16). The SMILES string of the molecule is C#CCC(C)NC(=O)c1cc(N)cc(Br)c1. The molecule has 1 atom stereocenters. The molecule has 0 aliphatic rings. The molecule has 0 radical (unpaired) electrons. The lowest BCUT2D eigenvalue weighted by Crippen LogP contribution is -2.32. The van der Waals surface area contributed by atoms with E-state index < -0.39 is 0 Å². The van der Waals surface area contributed by atoms with Gasteiger partial charge in [-0.2, -0.15) is 0 Å². The highest BCUT2D eigenvalue weighted by atomic mass is 79.9. The van der Waals surface area contributed by atoms with E-state index in [0.717, 1.165) is 4.47 Å². The Morgan fingerprint density at radius 1 is 1.62 bits per heavy atom. The van der Waals surface area contributed by atoms with Crippen molar-refractivity contribution in [1.82, 2.24) is 5.32 Å². The minimum Gasteiger partial charge on any atom is -0.399 e. The highest BCUT2D eigenvalue weighted by Crippen LogP contribution is 2.17. The molecule has 0 saturated carbocycles. The Morgan fingerprint density at radius 2 is 2.31 bits per heavy atom. The number of rotatable bonds is 3. The molecule has 1 amide bonds. The summed E-state index contributed by atoms with van der Waals surface area (Å²) in [6.45, 7) is 1.86. The predicted molar refractivity (Wildman–Crippen MR) is 68.9 cm³/mol. The zero-order valence-electron chi connectivity index (χ0n) is 8.96. The number of hydrogen-bond acceptors (Lipinski definition) is 2. The number of benzene rings is 1. The third-order valence-corrected chi connectivity index (χ3v) is 2.44. The highest BCUT2D eigenvalue weighted by Gasteiger charge is 2.09. The van der Waals surface area contributed by atoms with E-state index in [9.17, 15) is 4.79 Å². The van der Waals surface area contributed by atoms with Crippen LogP contribution < -0.4 is 11.1 Å². The maximum atomic E-state index is 11.8. The summed E-state index contributed by atoms with van der Waals surface area (Å²) in [4.78, 5) is 11.8. The molecule has 3 N–H and O–H groups in total. The lowest BCUT2D eigenvalue weighted by atomic mass is 10.1. The van der Waals surface area contributed by atoms with Crippen molar-refractivity contribution in [1.29, 1.82) is 0 Å². The van der Waals surface area contributed by atoms with Crippen LogP contribution in [0, 0.1) is 12.3 Å². The molecule has 1 unspecified atom stereocenters. The average molecular weight is 281 g/mol. The van der Waals surface area contributed by atoms with Gasteiger partial charge >= 0.3 is 0 Å². The van der Waals surface area contributed by atoms with Crippen molar-refractivity contribution in [2.75, 3.05) is 5.73 Å². The fraction of sp³-hybridized carbons (Fsp3) is 0.250. The van der Waals surface area contributed by atoms with Gasteiger partial charge in [0.25, 0.3) is 5.91 Å². The van der Waals surface area contributed by atoms with Crippen molar-refractivity contribution in [3.05, 3.63) is 28.2 Å². The number of hydrogen-bond donors (Lipinski definition) is 2. The molecule has 0 saturated heterocycles. The van der Waals surface area contributed by atoms with Gasteiger partial charge in [-0.3, -0.25) is 4.79 Å². The minimum absolute atomic E-state index is 0.0438. The van der Waals surface area contributed by atoms with E-state index in [2.05, 4.69) is 27.2 Å². The van der Waals surface area contributed by atoms with Crippen LogP contribution in [0.5, 0.6) is 0 Å². The second-order valence-corrected chi connectivity index (χ2v) is 4.47. The number of nitrogens with two attached hydrogens (primary N) is 1. The van der Waals surface area contributed by atoms with Gasteiger partial charge < -0.3 is 11.1 Å². The van der Waals surface area contributed by atoms with Crippen molar-refractivity contribution >= 4 is 27.5 Å². The summed E-state index contributed by atoms with van der Waals surface area (Å²) < 4.78 is 0.780. The fourth-order valence-electron chi connectivity index (χ4n) is 1.28. The lowest BCUT2D eigenvalue weighted by Gasteiger charge is -2.11. The summed E-state index contributed by atoms with van der Waals surface area (Å²) in [5, 5.41) is 2.79. The molecule has 1 aromatic rings. The molecule has 0 spiro atoms. The van der Waals surface area contributed by atoms with E-state index in [4.69, 9.17) is 12.2 Å². The van der Waals surface area contributed by atoms with Crippen molar-refractivity contribution in [3.8, 4) is 12.3 Å². The number of nitrogens with one attached hydrogen (secondary N) is 1. The van der Waals surface area contributed by atoms with Crippen molar-refractivity contribution in [2.45, 2.75) is 19.4 Å². The summed E-state index contributed by atoms with van der Waals surface area (Å²) in [5.41, 5.74) is 6.71. The molecule has 0 heterocycles. The van der Waals surface area contributed by atoms with Crippen molar-refractivity contribution in [2.24, 2.45) is 0 Å². The Hall–Kier alpha value is -1.47. The number of amides is 1. The van der Waals surface area contributed by atoms with Crippen LogP contribution in [0.25, 0.3) is 0 Å². The van der Waals surface area contributed by atoms with Gasteiger partial charge in [-0.05, 0) is 25.1 Å². The topological polar surface area (TPSA) is 55.1 Å². The van der Waals surface area contributed by atoms with Gasteiger partial charge in [0.1, 0.15) is 0 Å². The first kappa shape index (κ1) is 12.6. The molecule has 3 nitrogen and oxygen atoms in total. The predicted octanol–water partition coefficient (Wildman–Crippen LogP) is 2.17. The zero-order chi connectivity index (χ0) is 12.1. The molecule has 0 aliphatic carbocycles. The number of carbonyl (C=O) groups is 1. The number of carbonyl (C=O) groups excluding carboxylic acids is 1. The van der Waals surface area contributed by atoms with Gasteiger partial charge in [-0.15, -0.1) is 12.3 Å². The van der Waals surface area contributed by atoms with E-state index in [1.165, 1.54) is 0 Å². The summed E-state index contributed by atoms with van der Waals surface area (Å²) >= 11 is 3.29. The Bertz CT molecular complexity index is 417. The molecule has 0 bridgehead atoms. The van der Waals surface area contributed by atoms with Crippen molar-refractivity contribution in [3.63, 3.8) is 0 Å². The number of nitrogen functional groups attached to an aromatic ring is 1. The maximum Gasteiger partial charge on any atom is 0.251 e. The van der Waals surface area contributed by atoms with E-state index in [1.807, 2.05) is 6.92 Å². The Balaban J connectivity index is 2.77. The minimum atomic E-state index is -0.171. The molecule has 0 aromatic heterocycles. The third kappa shape index (κ3) is 3.59. The van der Waals surface area contributed by atoms with Crippen LogP contribution in [0.2, 0.25) is 0 Å². The van der Waals surface area contributed by atoms with Gasteiger partial charge in [-0.25, -0.2) is 0 Å². The largest absolute Gasteiger partial charge is 0.399 e. The van der Waals surface area contributed by atoms with E-state index in [0.29, 0.717) is 17.7 Å². The first-order valence-corrected chi connectivity index (χ1v) is 5.62. The van der Waals surface area contributed by atoms with Gasteiger partial charge in [0.15, 0.2) is 0 Å². The second-order valence-electron chi connectivity index (χ2n) is 3.56. The van der Waals surface area contributed by atoms with Crippen molar-refractivity contribution < 1.29 is 4.79 Å². The molecule has 16 heavy (non-hydrogen) atoms. The Kier molecular flexibility index (Phi) is 4.39. The van der Waals surface area contributed by atoms with E-state index >= 15 is 0 Å². The normalized spacial score (nSPS) is 11.6. The molecule has 0 fully saturated rings. The lowest BCUT2D eigenvalue weighted by molar-refractivity contribution is 0.0941. The molecule has 0 aliphatic heterocycles. The van der Waals surface area contributed by atoms with Gasteiger partial charge in [-0.1, -0.05) is 15.9 Å². The summed E-state index contributed by atoms with van der Waals surface area (Å²) in [6, 6.07) is 5.04. The maximum absolute atomic E-state index is 11.8. The van der Waals surface area contributed by atoms with Gasteiger partial charge in [0.2, 0.25) is 0 Å². The van der Waals surface area contributed by atoms with Gasteiger partial charge in [0.05, 0.1) is 0 Å². The first-order valence-electron chi connectivity index (χ1n) is 4.83. The summed E-state index contributed by atoms with van der Waals surface area (Å²) in [7, 11) is 0. The molecular formula is C12H13BrN2O. The highest BCUT2D eigenvalue weighted by molar-refractivity contribution is 9.10.